The van der Waals surface area contributed by atoms with E-state index in [4.69, 9.17) is 0 Å². The monoisotopic (exact) mass is 358 g/mol. The first-order valence-electron chi connectivity index (χ1n) is 9.10. The standard InChI is InChI=1S/C17H30N4O2.ClH/c1-12-10-20(8-6-18-12)16(22)14-4-3-5-15(14)17(23)21-9-7-19-13(2)11-21;/h12-15,18-19H,3-11H2,1-2H3;1H/t12-,13-,14?,15?;/m1./s1. The number of halogens is 1. The van der Waals surface area contributed by atoms with Crippen LogP contribution in [0.1, 0.15) is 33.1 Å². The Morgan fingerprint density at radius 1 is 0.833 bits per heavy atom. The Hall–Kier alpha value is -0.850. The lowest BCUT2D eigenvalue weighted by Crippen LogP contribution is -2.55. The number of hydrogen-bond acceptors (Lipinski definition) is 4. The average molecular weight is 359 g/mol. The Morgan fingerprint density at radius 2 is 1.25 bits per heavy atom. The maximum atomic E-state index is 12.9. The van der Waals surface area contributed by atoms with Crippen molar-refractivity contribution in [3.8, 4) is 0 Å². The highest BCUT2D eigenvalue weighted by molar-refractivity contribution is 5.88. The predicted octanol–water partition coefficient (Wildman–Crippen LogP) is 0.465. The lowest BCUT2D eigenvalue weighted by atomic mass is 9.92. The molecule has 0 spiro atoms. The van der Waals surface area contributed by atoms with Crippen molar-refractivity contribution in [3.05, 3.63) is 0 Å². The molecule has 1 saturated carbocycles. The first kappa shape index (κ1) is 19.5. The molecule has 2 aliphatic heterocycles. The van der Waals surface area contributed by atoms with Crippen molar-refractivity contribution in [3.63, 3.8) is 0 Å². The van der Waals surface area contributed by atoms with Gasteiger partial charge in [0.05, 0.1) is 0 Å². The Morgan fingerprint density at radius 3 is 1.62 bits per heavy atom. The molecule has 0 bridgehead atoms. The molecule has 7 heteroatoms. The second kappa shape index (κ2) is 8.50. The zero-order valence-electron chi connectivity index (χ0n) is 14.8. The molecule has 2 N–H and O–H groups in total. The van der Waals surface area contributed by atoms with Crippen molar-refractivity contribution in [2.75, 3.05) is 39.3 Å². The molecule has 0 aromatic carbocycles. The topological polar surface area (TPSA) is 64.7 Å². The summed E-state index contributed by atoms with van der Waals surface area (Å²) in [6.45, 7) is 9.00. The fourth-order valence-electron chi connectivity index (χ4n) is 4.29. The molecule has 2 saturated heterocycles. The quantitative estimate of drug-likeness (QED) is 0.753. The SMILES string of the molecule is C[C@@H]1CN(C(=O)C2CCCC2C(=O)N2CCN[C@H](C)C2)CCN1.Cl. The van der Waals surface area contributed by atoms with E-state index in [0.29, 0.717) is 12.1 Å². The molecule has 3 fully saturated rings. The molecule has 0 aromatic rings. The third-order valence-corrected chi connectivity index (χ3v) is 5.51. The molecule has 2 amide bonds. The number of carbonyl (C=O) groups is 2. The zero-order chi connectivity index (χ0) is 16.4. The Bertz CT molecular complexity index is 422. The minimum atomic E-state index is -0.0991. The number of carbonyl (C=O) groups excluding carboxylic acids is 2. The molecule has 2 unspecified atom stereocenters. The molecule has 0 radical (unpaired) electrons. The molecule has 2 heterocycles. The van der Waals surface area contributed by atoms with Crippen LogP contribution in [-0.2, 0) is 9.59 Å². The van der Waals surface area contributed by atoms with Gasteiger partial charge in [-0.1, -0.05) is 6.42 Å². The predicted molar refractivity (Wildman–Crippen MR) is 96.2 cm³/mol. The summed E-state index contributed by atoms with van der Waals surface area (Å²) in [5, 5.41) is 6.74. The average Bonchev–Trinajstić information content (AvgIpc) is 3.03. The summed E-state index contributed by atoms with van der Waals surface area (Å²) >= 11 is 0. The van der Waals surface area contributed by atoms with Crippen LogP contribution in [0.2, 0.25) is 0 Å². The maximum Gasteiger partial charge on any atom is 0.226 e. The fourth-order valence-corrected chi connectivity index (χ4v) is 4.29. The van der Waals surface area contributed by atoms with Gasteiger partial charge in [-0.25, -0.2) is 0 Å². The fraction of sp³-hybridized carbons (Fsp3) is 0.882. The lowest BCUT2D eigenvalue weighted by molar-refractivity contribution is -0.146. The van der Waals surface area contributed by atoms with Crippen molar-refractivity contribution in [1.29, 1.82) is 0 Å². The molecular formula is C17H31ClN4O2. The summed E-state index contributed by atoms with van der Waals surface area (Å²) in [5.74, 6) is 0.214. The summed E-state index contributed by atoms with van der Waals surface area (Å²) in [6, 6.07) is 0.689. The highest BCUT2D eigenvalue weighted by Gasteiger charge is 2.42. The van der Waals surface area contributed by atoms with Crippen molar-refractivity contribution >= 4 is 24.2 Å². The van der Waals surface area contributed by atoms with E-state index in [1.807, 2.05) is 9.80 Å². The van der Waals surface area contributed by atoms with Crippen LogP contribution in [0.25, 0.3) is 0 Å². The summed E-state index contributed by atoms with van der Waals surface area (Å²) in [5.41, 5.74) is 0. The summed E-state index contributed by atoms with van der Waals surface area (Å²) < 4.78 is 0. The van der Waals surface area contributed by atoms with Crippen LogP contribution in [-0.4, -0.2) is 73.0 Å². The highest BCUT2D eigenvalue weighted by Crippen LogP contribution is 2.35. The van der Waals surface area contributed by atoms with E-state index < -0.39 is 0 Å². The van der Waals surface area contributed by atoms with Gasteiger partial charge in [0, 0.05) is 63.2 Å². The maximum absolute atomic E-state index is 12.9. The highest BCUT2D eigenvalue weighted by atomic mass is 35.5. The van der Waals surface area contributed by atoms with E-state index in [1.165, 1.54) is 0 Å². The van der Waals surface area contributed by atoms with Crippen molar-refractivity contribution in [1.82, 2.24) is 20.4 Å². The second-order valence-electron chi connectivity index (χ2n) is 7.42. The van der Waals surface area contributed by atoms with Gasteiger partial charge in [0.1, 0.15) is 0 Å². The van der Waals surface area contributed by atoms with Gasteiger partial charge in [0.2, 0.25) is 11.8 Å². The van der Waals surface area contributed by atoms with Gasteiger partial charge in [-0.15, -0.1) is 12.4 Å². The van der Waals surface area contributed by atoms with E-state index >= 15 is 0 Å². The van der Waals surface area contributed by atoms with Crippen molar-refractivity contribution < 1.29 is 9.59 Å². The molecular weight excluding hydrogens is 328 g/mol. The summed E-state index contributed by atoms with van der Waals surface area (Å²) in [7, 11) is 0. The minimum Gasteiger partial charge on any atom is -0.340 e. The Labute approximate surface area is 151 Å². The molecule has 0 aromatic heterocycles. The van der Waals surface area contributed by atoms with Crippen molar-refractivity contribution in [2.24, 2.45) is 11.8 Å². The first-order chi connectivity index (χ1) is 11.1. The van der Waals surface area contributed by atoms with Gasteiger partial charge >= 0.3 is 0 Å². The van der Waals surface area contributed by atoms with Gasteiger partial charge in [0.25, 0.3) is 0 Å². The number of amides is 2. The smallest absolute Gasteiger partial charge is 0.226 e. The number of rotatable bonds is 2. The molecule has 24 heavy (non-hydrogen) atoms. The van der Waals surface area contributed by atoms with Gasteiger partial charge in [0.15, 0.2) is 0 Å². The summed E-state index contributed by atoms with van der Waals surface area (Å²) in [6.07, 6.45) is 2.74. The third kappa shape index (κ3) is 4.21. The number of nitrogens with zero attached hydrogens (tertiary/aromatic N) is 2. The molecule has 6 nitrogen and oxygen atoms in total. The van der Waals surface area contributed by atoms with E-state index in [2.05, 4.69) is 24.5 Å². The van der Waals surface area contributed by atoms with Crippen LogP contribution in [0.3, 0.4) is 0 Å². The first-order valence-corrected chi connectivity index (χ1v) is 9.10. The Kier molecular flexibility index (Phi) is 6.89. The number of hydrogen-bond donors (Lipinski definition) is 2. The number of nitrogens with one attached hydrogen (secondary N) is 2. The van der Waals surface area contributed by atoms with Crippen LogP contribution in [0.4, 0.5) is 0 Å². The molecule has 3 rings (SSSR count). The van der Waals surface area contributed by atoms with E-state index in [-0.39, 0.29) is 36.1 Å². The Balaban J connectivity index is 0.00000208. The summed E-state index contributed by atoms with van der Waals surface area (Å²) in [4.78, 5) is 29.8. The van der Waals surface area contributed by atoms with Crippen molar-refractivity contribution in [2.45, 2.75) is 45.2 Å². The van der Waals surface area contributed by atoms with Crippen LogP contribution >= 0.6 is 12.4 Å². The van der Waals surface area contributed by atoms with Crippen LogP contribution < -0.4 is 10.6 Å². The minimum absolute atomic E-state index is 0. The molecule has 4 atom stereocenters. The normalized spacial score (nSPS) is 33.9. The van der Waals surface area contributed by atoms with Crippen LogP contribution in [0.5, 0.6) is 0 Å². The van der Waals surface area contributed by atoms with E-state index in [0.717, 1.165) is 58.5 Å². The van der Waals surface area contributed by atoms with Crippen LogP contribution in [0.15, 0.2) is 0 Å². The second-order valence-corrected chi connectivity index (χ2v) is 7.42. The zero-order valence-corrected chi connectivity index (χ0v) is 15.6. The molecule has 3 aliphatic rings. The van der Waals surface area contributed by atoms with E-state index in [9.17, 15) is 9.59 Å². The molecule has 138 valence electrons. The number of piperazine rings is 2. The molecule has 1 aliphatic carbocycles. The van der Waals surface area contributed by atoms with Gasteiger partial charge in [-0.3, -0.25) is 9.59 Å². The largest absolute Gasteiger partial charge is 0.340 e. The van der Waals surface area contributed by atoms with Gasteiger partial charge < -0.3 is 20.4 Å². The van der Waals surface area contributed by atoms with Gasteiger partial charge in [-0.2, -0.15) is 0 Å². The van der Waals surface area contributed by atoms with Gasteiger partial charge in [-0.05, 0) is 26.7 Å². The van der Waals surface area contributed by atoms with E-state index in [1.54, 1.807) is 0 Å². The lowest BCUT2D eigenvalue weighted by Gasteiger charge is -2.37. The van der Waals surface area contributed by atoms with Crippen LogP contribution in [0, 0.1) is 11.8 Å². The third-order valence-electron chi connectivity index (χ3n) is 5.51.